The van der Waals surface area contributed by atoms with E-state index in [1.807, 2.05) is 6.07 Å². The molecule has 0 spiro atoms. The van der Waals surface area contributed by atoms with Crippen molar-refractivity contribution in [3.05, 3.63) is 50.7 Å². The van der Waals surface area contributed by atoms with Gasteiger partial charge in [0.25, 0.3) is 0 Å². The predicted molar refractivity (Wildman–Crippen MR) is 86.5 cm³/mol. The highest BCUT2D eigenvalue weighted by Gasteiger charge is 2.17. The Morgan fingerprint density at radius 1 is 1.33 bits per heavy atom. The Morgan fingerprint density at radius 2 is 2.14 bits per heavy atom. The average molecular weight is 372 g/mol. The summed E-state index contributed by atoms with van der Waals surface area (Å²) in [5.41, 5.74) is 8.95. The topological polar surface area (TPSA) is 47.3 Å². The molecule has 3 rings (SSSR count). The van der Waals surface area contributed by atoms with Crippen LogP contribution in [0.4, 0.5) is 15.8 Å². The SMILES string of the molecule is Nc1cc(Cl)c(F)cc1NCc1cc(Br)cc2c1OCC2. The van der Waals surface area contributed by atoms with Gasteiger partial charge in [-0.3, -0.25) is 0 Å². The van der Waals surface area contributed by atoms with Crippen molar-refractivity contribution in [2.75, 3.05) is 17.7 Å². The van der Waals surface area contributed by atoms with Crippen molar-refractivity contribution in [2.45, 2.75) is 13.0 Å². The highest BCUT2D eigenvalue weighted by atomic mass is 79.9. The van der Waals surface area contributed by atoms with Crippen LogP contribution in [-0.2, 0) is 13.0 Å². The van der Waals surface area contributed by atoms with E-state index in [0.717, 1.165) is 22.2 Å². The lowest BCUT2D eigenvalue weighted by Gasteiger charge is -2.13. The van der Waals surface area contributed by atoms with Crippen LogP contribution in [0.5, 0.6) is 5.75 Å². The number of rotatable bonds is 3. The summed E-state index contributed by atoms with van der Waals surface area (Å²) in [6, 6.07) is 6.75. The number of anilines is 2. The van der Waals surface area contributed by atoms with Gasteiger partial charge in [0, 0.05) is 29.1 Å². The molecule has 6 heteroatoms. The largest absolute Gasteiger partial charge is 0.493 e. The molecule has 0 bridgehead atoms. The second-order valence-electron chi connectivity index (χ2n) is 4.86. The molecule has 0 amide bonds. The van der Waals surface area contributed by atoms with E-state index < -0.39 is 5.82 Å². The molecule has 0 radical (unpaired) electrons. The van der Waals surface area contributed by atoms with Crippen LogP contribution in [0.3, 0.4) is 0 Å². The zero-order valence-corrected chi connectivity index (χ0v) is 13.4. The zero-order valence-electron chi connectivity index (χ0n) is 11.1. The molecule has 2 aromatic rings. The Bertz CT molecular complexity index is 709. The van der Waals surface area contributed by atoms with Gasteiger partial charge >= 0.3 is 0 Å². The molecular weight excluding hydrogens is 359 g/mol. The van der Waals surface area contributed by atoms with Crippen LogP contribution in [0.15, 0.2) is 28.7 Å². The van der Waals surface area contributed by atoms with Crippen LogP contribution in [0.1, 0.15) is 11.1 Å². The number of ether oxygens (including phenoxy) is 1. The van der Waals surface area contributed by atoms with Crippen molar-refractivity contribution in [3.63, 3.8) is 0 Å². The monoisotopic (exact) mass is 370 g/mol. The van der Waals surface area contributed by atoms with Gasteiger partial charge in [0.05, 0.1) is 23.0 Å². The highest BCUT2D eigenvalue weighted by molar-refractivity contribution is 9.10. The lowest BCUT2D eigenvalue weighted by molar-refractivity contribution is 0.354. The van der Waals surface area contributed by atoms with E-state index in [2.05, 4.69) is 27.3 Å². The predicted octanol–water partition coefficient (Wildman–Crippen LogP) is 4.37. The molecule has 0 aromatic heterocycles. The maximum atomic E-state index is 13.5. The van der Waals surface area contributed by atoms with E-state index in [-0.39, 0.29) is 5.02 Å². The molecule has 1 aliphatic rings. The highest BCUT2D eigenvalue weighted by Crippen LogP contribution is 2.34. The number of hydrogen-bond donors (Lipinski definition) is 2. The Kier molecular flexibility index (Phi) is 3.95. The fourth-order valence-electron chi connectivity index (χ4n) is 2.38. The second kappa shape index (κ2) is 5.73. The van der Waals surface area contributed by atoms with E-state index in [1.54, 1.807) is 0 Å². The molecule has 1 heterocycles. The number of benzene rings is 2. The molecule has 110 valence electrons. The van der Waals surface area contributed by atoms with E-state index in [1.165, 1.54) is 17.7 Å². The van der Waals surface area contributed by atoms with Gasteiger partial charge in [0.1, 0.15) is 11.6 Å². The third-order valence-corrected chi connectivity index (χ3v) is 4.13. The number of nitrogens with one attached hydrogen (secondary N) is 1. The van der Waals surface area contributed by atoms with Gasteiger partial charge in [-0.25, -0.2) is 4.39 Å². The minimum Gasteiger partial charge on any atom is -0.493 e. The minimum atomic E-state index is -0.496. The van der Waals surface area contributed by atoms with Crippen molar-refractivity contribution in [1.29, 1.82) is 0 Å². The number of nitrogen functional groups attached to an aromatic ring is 1. The van der Waals surface area contributed by atoms with Crippen LogP contribution >= 0.6 is 27.5 Å². The van der Waals surface area contributed by atoms with Gasteiger partial charge in [0.2, 0.25) is 0 Å². The third-order valence-electron chi connectivity index (χ3n) is 3.39. The maximum Gasteiger partial charge on any atom is 0.143 e. The lowest BCUT2D eigenvalue weighted by atomic mass is 10.1. The zero-order chi connectivity index (χ0) is 15.0. The summed E-state index contributed by atoms with van der Waals surface area (Å²) >= 11 is 9.18. The van der Waals surface area contributed by atoms with E-state index in [9.17, 15) is 4.39 Å². The van der Waals surface area contributed by atoms with Crippen LogP contribution in [0.25, 0.3) is 0 Å². The number of halogens is 3. The van der Waals surface area contributed by atoms with Gasteiger partial charge < -0.3 is 15.8 Å². The summed E-state index contributed by atoms with van der Waals surface area (Å²) in [7, 11) is 0. The standard InChI is InChI=1S/C15H13BrClFN2O/c16-10-3-8-1-2-21-15(8)9(4-10)7-20-14-6-12(18)11(17)5-13(14)19/h3-6,20H,1-2,7,19H2. The second-order valence-corrected chi connectivity index (χ2v) is 6.18. The van der Waals surface area contributed by atoms with Gasteiger partial charge in [-0.05, 0) is 23.8 Å². The van der Waals surface area contributed by atoms with Gasteiger partial charge in [-0.15, -0.1) is 0 Å². The van der Waals surface area contributed by atoms with Crippen LogP contribution < -0.4 is 15.8 Å². The Labute approximate surface area is 135 Å². The van der Waals surface area contributed by atoms with Crippen molar-refractivity contribution in [1.82, 2.24) is 0 Å². The molecule has 2 aromatic carbocycles. The minimum absolute atomic E-state index is 0.0183. The van der Waals surface area contributed by atoms with Crippen molar-refractivity contribution in [2.24, 2.45) is 0 Å². The number of nitrogens with two attached hydrogens (primary N) is 1. The molecule has 21 heavy (non-hydrogen) atoms. The summed E-state index contributed by atoms with van der Waals surface area (Å²) in [5.74, 6) is 0.405. The summed E-state index contributed by atoms with van der Waals surface area (Å²) < 4.78 is 20.2. The van der Waals surface area contributed by atoms with Crippen molar-refractivity contribution >= 4 is 38.9 Å². The first-order valence-electron chi connectivity index (χ1n) is 6.47. The van der Waals surface area contributed by atoms with Crippen molar-refractivity contribution in [3.8, 4) is 5.75 Å². The quantitative estimate of drug-likeness (QED) is 0.788. The molecule has 0 saturated carbocycles. The Morgan fingerprint density at radius 3 is 2.95 bits per heavy atom. The summed E-state index contributed by atoms with van der Waals surface area (Å²) in [6.07, 6.45) is 0.902. The van der Waals surface area contributed by atoms with Crippen LogP contribution in [0.2, 0.25) is 5.02 Å². The van der Waals surface area contributed by atoms with Gasteiger partial charge in [0.15, 0.2) is 0 Å². The first-order valence-corrected chi connectivity index (χ1v) is 7.64. The summed E-state index contributed by atoms with van der Waals surface area (Å²) in [5, 5.41) is 3.15. The molecule has 0 fully saturated rings. The molecule has 0 saturated heterocycles. The molecular formula is C15H13BrClFN2O. The molecule has 0 unspecified atom stereocenters. The van der Waals surface area contributed by atoms with Crippen molar-refractivity contribution < 1.29 is 9.13 Å². The van der Waals surface area contributed by atoms with Gasteiger partial charge in [-0.1, -0.05) is 27.5 Å². The fourth-order valence-corrected chi connectivity index (χ4v) is 3.11. The fraction of sp³-hybridized carbons (Fsp3) is 0.200. The maximum absolute atomic E-state index is 13.5. The first-order chi connectivity index (χ1) is 10.0. The van der Waals surface area contributed by atoms with Crippen LogP contribution in [0, 0.1) is 5.82 Å². The Balaban J connectivity index is 1.84. The first kappa shape index (κ1) is 14.5. The van der Waals surface area contributed by atoms with Gasteiger partial charge in [-0.2, -0.15) is 0 Å². The van der Waals surface area contributed by atoms with E-state index in [0.29, 0.717) is 24.5 Å². The lowest BCUT2D eigenvalue weighted by Crippen LogP contribution is -2.04. The normalized spacial score (nSPS) is 12.9. The molecule has 3 nitrogen and oxygen atoms in total. The smallest absolute Gasteiger partial charge is 0.143 e. The summed E-state index contributed by atoms with van der Waals surface area (Å²) in [6.45, 7) is 1.18. The molecule has 0 aliphatic carbocycles. The van der Waals surface area contributed by atoms with E-state index >= 15 is 0 Å². The molecule has 0 atom stereocenters. The summed E-state index contributed by atoms with van der Waals surface area (Å²) in [4.78, 5) is 0. The van der Waals surface area contributed by atoms with E-state index in [4.69, 9.17) is 22.1 Å². The number of fused-ring (bicyclic) bond motifs is 1. The number of hydrogen-bond acceptors (Lipinski definition) is 3. The molecule has 1 aliphatic heterocycles. The van der Waals surface area contributed by atoms with Crippen LogP contribution in [-0.4, -0.2) is 6.61 Å². The average Bonchev–Trinajstić information content (AvgIpc) is 2.89. The molecule has 3 N–H and O–H groups in total. The third kappa shape index (κ3) is 2.94. The Hall–Kier alpha value is -1.46.